The van der Waals surface area contributed by atoms with E-state index in [1.807, 2.05) is 18.4 Å². The maximum absolute atomic E-state index is 12.4. The van der Waals surface area contributed by atoms with Crippen molar-refractivity contribution in [3.8, 4) is 0 Å². The number of nitrogens with zero attached hydrogens (tertiary/aromatic N) is 1. The molecule has 114 valence electrons. The zero-order chi connectivity index (χ0) is 15.3. The second-order valence-electron chi connectivity index (χ2n) is 4.31. The highest BCUT2D eigenvalue weighted by atomic mass is 79.9. The molecular formula is C13H16BrN3O2S2. The molecule has 0 unspecified atom stereocenters. The standard InChI is InChI=1S/C13H16BrN3O2S2/c1-2-5-16-11-3-6-15-9-13(11)21(18,19)17-8-12-10(14)4-7-20-12/h3-4,6-7,9,17H,2,5,8H2,1H3,(H,15,16). The quantitative estimate of drug-likeness (QED) is 0.762. The van der Waals surface area contributed by atoms with Gasteiger partial charge in [-0.1, -0.05) is 6.92 Å². The molecule has 0 fully saturated rings. The van der Waals surface area contributed by atoms with Gasteiger partial charge in [0, 0.05) is 34.8 Å². The molecule has 21 heavy (non-hydrogen) atoms. The third kappa shape index (κ3) is 4.26. The van der Waals surface area contributed by atoms with E-state index in [1.54, 1.807) is 12.3 Å². The maximum Gasteiger partial charge on any atom is 0.244 e. The SMILES string of the molecule is CCCNc1ccncc1S(=O)(=O)NCc1sccc1Br. The van der Waals surface area contributed by atoms with Gasteiger partial charge in [0.2, 0.25) is 10.0 Å². The third-order valence-corrected chi connectivity index (χ3v) is 6.11. The number of pyridine rings is 1. The zero-order valence-corrected chi connectivity index (χ0v) is 14.7. The number of anilines is 1. The molecule has 0 aliphatic rings. The Bertz CT molecular complexity index is 701. The first kappa shape index (κ1) is 16.4. The number of sulfonamides is 1. The third-order valence-electron chi connectivity index (χ3n) is 2.75. The summed E-state index contributed by atoms with van der Waals surface area (Å²) in [6.45, 7) is 2.99. The van der Waals surface area contributed by atoms with E-state index in [0.29, 0.717) is 12.2 Å². The lowest BCUT2D eigenvalue weighted by Gasteiger charge is -2.12. The monoisotopic (exact) mass is 389 g/mol. The Kier molecular flexibility index (Phi) is 5.74. The van der Waals surface area contributed by atoms with Gasteiger partial charge in [0.15, 0.2) is 0 Å². The molecule has 2 aromatic heterocycles. The van der Waals surface area contributed by atoms with E-state index in [-0.39, 0.29) is 11.4 Å². The van der Waals surface area contributed by atoms with Gasteiger partial charge in [-0.05, 0) is 39.9 Å². The van der Waals surface area contributed by atoms with Crippen molar-refractivity contribution < 1.29 is 8.42 Å². The van der Waals surface area contributed by atoms with Gasteiger partial charge < -0.3 is 5.32 Å². The van der Waals surface area contributed by atoms with E-state index < -0.39 is 10.0 Å². The molecule has 2 heterocycles. The molecule has 2 aromatic rings. The lowest BCUT2D eigenvalue weighted by atomic mass is 10.4. The Morgan fingerprint density at radius 1 is 1.38 bits per heavy atom. The zero-order valence-electron chi connectivity index (χ0n) is 11.5. The molecule has 0 aromatic carbocycles. The second-order valence-corrected chi connectivity index (χ2v) is 7.91. The molecule has 0 saturated heterocycles. The highest BCUT2D eigenvalue weighted by Crippen LogP contribution is 2.24. The molecule has 0 aliphatic heterocycles. The maximum atomic E-state index is 12.4. The van der Waals surface area contributed by atoms with E-state index in [9.17, 15) is 8.42 Å². The van der Waals surface area contributed by atoms with Crippen molar-refractivity contribution in [2.24, 2.45) is 0 Å². The van der Waals surface area contributed by atoms with Crippen LogP contribution in [0.4, 0.5) is 5.69 Å². The predicted octanol–water partition coefficient (Wildman–Crippen LogP) is 3.21. The van der Waals surface area contributed by atoms with Crippen LogP contribution in [0.25, 0.3) is 0 Å². The van der Waals surface area contributed by atoms with Crippen LogP contribution in [0.2, 0.25) is 0 Å². The number of rotatable bonds is 7. The summed E-state index contributed by atoms with van der Waals surface area (Å²) in [5.74, 6) is 0. The van der Waals surface area contributed by atoms with Gasteiger partial charge >= 0.3 is 0 Å². The van der Waals surface area contributed by atoms with Gasteiger partial charge in [-0.15, -0.1) is 11.3 Å². The number of hydrogen-bond acceptors (Lipinski definition) is 5. The minimum atomic E-state index is -3.60. The largest absolute Gasteiger partial charge is 0.384 e. The van der Waals surface area contributed by atoms with Crippen LogP contribution < -0.4 is 10.0 Å². The van der Waals surface area contributed by atoms with E-state index in [2.05, 4.69) is 31.0 Å². The van der Waals surface area contributed by atoms with Crippen LogP contribution >= 0.6 is 27.3 Å². The lowest BCUT2D eigenvalue weighted by molar-refractivity contribution is 0.581. The Balaban J connectivity index is 2.17. The summed E-state index contributed by atoms with van der Waals surface area (Å²) in [4.78, 5) is 5.02. The molecule has 0 bridgehead atoms. The Morgan fingerprint density at radius 3 is 2.86 bits per heavy atom. The number of hydrogen-bond donors (Lipinski definition) is 2. The topological polar surface area (TPSA) is 71.1 Å². The molecule has 0 saturated carbocycles. The van der Waals surface area contributed by atoms with Crippen molar-refractivity contribution >= 4 is 43.0 Å². The molecule has 0 atom stereocenters. The number of halogens is 1. The summed E-state index contributed by atoms with van der Waals surface area (Å²) in [5.41, 5.74) is 0.574. The Labute approximate surface area is 137 Å². The van der Waals surface area contributed by atoms with Crippen LogP contribution in [-0.2, 0) is 16.6 Å². The van der Waals surface area contributed by atoms with Gasteiger partial charge in [0.1, 0.15) is 4.90 Å². The van der Waals surface area contributed by atoms with Gasteiger partial charge in [-0.2, -0.15) is 0 Å². The molecule has 0 amide bonds. The van der Waals surface area contributed by atoms with Gasteiger partial charge in [-0.3, -0.25) is 4.98 Å². The van der Waals surface area contributed by atoms with Gasteiger partial charge in [0.05, 0.1) is 5.69 Å². The van der Waals surface area contributed by atoms with Crippen molar-refractivity contribution in [1.82, 2.24) is 9.71 Å². The molecule has 5 nitrogen and oxygen atoms in total. The highest BCUT2D eigenvalue weighted by molar-refractivity contribution is 9.10. The van der Waals surface area contributed by atoms with Crippen molar-refractivity contribution in [1.29, 1.82) is 0 Å². The number of nitrogens with one attached hydrogen (secondary N) is 2. The minimum absolute atomic E-state index is 0.172. The van der Waals surface area contributed by atoms with Crippen LogP contribution in [0.5, 0.6) is 0 Å². The molecule has 8 heteroatoms. The summed E-state index contributed by atoms with van der Waals surface area (Å²) in [6, 6.07) is 3.57. The molecule has 0 spiro atoms. The van der Waals surface area contributed by atoms with Crippen LogP contribution in [0.15, 0.2) is 39.3 Å². The van der Waals surface area contributed by atoms with Crippen molar-refractivity contribution in [2.45, 2.75) is 24.8 Å². The first-order valence-electron chi connectivity index (χ1n) is 6.44. The summed E-state index contributed by atoms with van der Waals surface area (Å²) < 4.78 is 28.4. The van der Waals surface area contributed by atoms with Crippen molar-refractivity contribution in [2.75, 3.05) is 11.9 Å². The smallest absolute Gasteiger partial charge is 0.244 e. The van der Waals surface area contributed by atoms with Gasteiger partial charge in [-0.25, -0.2) is 13.1 Å². The number of thiophene rings is 1. The second kappa shape index (κ2) is 7.35. The van der Waals surface area contributed by atoms with Gasteiger partial charge in [0.25, 0.3) is 0 Å². The Hall–Kier alpha value is -0.960. The molecule has 2 N–H and O–H groups in total. The molecule has 2 rings (SSSR count). The van der Waals surface area contributed by atoms with Crippen LogP contribution in [0, 0.1) is 0 Å². The van der Waals surface area contributed by atoms with E-state index >= 15 is 0 Å². The van der Waals surface area contributed by atoms with Crippen molar-refractivity contribution in [3.63, 3.8) is 0 Å². The normalized spacial score (nSPS) is 11.5. The average molecular weight is 390 g/mol. The average Bonchev–Trinajstić information content (AvgIpc) is 2.89. The fraction of sp³-hybridized carbons (Fsp3) is 0.308. The molecule has 0 radical (unpaired) electrons. The summed E-state index contributed by atoms with van der Waals surface area (Å²) >= 11 is 4.89. The highest BCUT2D eigenvalue weighted by Gasteiger charge is 2.19. The first-order chi connectivity index (χ1) is 10.0. The summed E-state index contributed by atoms with van der Waals surface area (Å²) in [6.07, 6.45) is 3.86. The predicted molar refractivity (Wildman–Crippen MR) is 89.1 cm³/mol. The number of aromatic nitrogens is 1. The Morgan fingerprint density at radius 2 is 2.19 bits per heavy atom. The minimum Gasteiger partial charge on any atom is -0.384 e. The molecular weight excluding hydrogens is 374 g/mol. The lowest BCUT2D eigenvalue weighted by Crippen LogP contribution is -2.24. The van der Waals surface area contributed by atoms with E-state index in [1.165, 1.54) is 17.5 Å². The van der Waals surface area contributed by atoms with E-state index in [4.69, 9.17) is 0 Å². The van der Waals surface area contributed by atoms with Crippen LogP contribution in [0.1, 0.15) is 18.2 Å². The van der Waals surface area contributed by atoms with Crippen LogP contribution in [0.3, 0.4) is 0 Å². The van der Waals surface area contributed by atoms with Crippen molar-refractivity contribution in [3.05, 3.63) is 39.3 Å². The first-order valence-corrected chi connectivity index (χ1v) is 9.59. The molecule has 0 aliphatic carbocycles. The fourth-order valence-electron chi connectivity index (χ4n) is 1.69. The van der Waals surface area contributed by atoms with Crippen LogP contribution in [-0.4, -0.2) is 19.9 Å². The summed E-state index contributed by atoms with van der Waals surface area (Å²) in [7, 11) is -3.60. The summed E-state index contributed by atoms with van der Waals surface area (Å²) in [5, 5.41) is 5.02. The van der Waals surface area contributed by atoms with E-state index in [0.717, 1.165) is 15.8 Å². The fourth-order valence-corrected chi connectivity index (χ4v) is 4.33.